The molecule has 1 aliphatic rings. The van der Waals surface area contributed by atoms with Crippen molar-refractivity contribution in [3.8, 4) is 0 Å². The van der Waals surface area contributed by atoms with Crippen molar-refractivity contribution >= 4 is 12.0 Å². The Balaban J connectivity index is 2.38. The third-order valence-electron chi connectivity index (χ3n) is 2.42. The Labute approximate surface area is 83.1 Å². The van der Waals surface area contributed by atoms with Crippen LogP contribution < -0.4 is 5.32 Å². The Kier molecular flexibility index (Phi) is 3.73. The van der Waals surface area contributed by atoms with Crippen molar-refractivity contribution in [1.29, 1.82) is 0 Å². The van der Waals surface area contributed by atoms with Gasteiger partial charge >= 0.3 is 12.0 Å². The second kappa shape index (κ2) is 4.83. The van der Waals surface area contributed by atoms with E-state index in [0.717, 1.165) is 19.5 Å². The molecule has 1 aliphatic heterocycles. The third-order valence-corrected chi connectivity index (χ3v) is 2.42. The van der Waals surface area contributed by atoms with Crippen molar-refractivity contribution in [2.75, 3.05) is 13.1 Å². The first-order valence-electron chi connectivity index (χ1n) is 4.87. The maximum atomic E-state index is 11.3. The van der Waals surface area contributed by atoms with Crippen LogP contribution in [0.15, 0.2) is 0 Å². The zero-order chi connectivity index (χ0) is 10.6. The summed E-state index contributed by atoms with van der Waals surface area (Å²) in [5.41, 5.74) is 0. The molecule has 0 aromatic heterocycles. The van der Waals surface area contributed by atoms with Crippen LogP contribution in [0.25, 0.3) is 0 Å². The molecule has 0 bridgehead atoms. The van der Waals surface area contributed by atoms with Gasteiger partial charge in [0.2, 0.25) is 0 Å². The maximum Gasteiger partial charge on any atom is 0.317 e. The lowest BCUT2D eigenvalue weighted by molar-refractivity contribution is -0.137. The highest BCUT2D eigenvalue weighted by Gasteiger charge is 2.22. The van der Waals surface area contributed by atoms with Crippen LogP contribution in [-0.2, 0) is 4.79 Å². The van der Waals surface area contributed by atoms with Gasteiger partial charge in [0.05, 0.1) is 0 Å². The number of amides is 2. The minimum absolute atomic E-state index is 0.00593. The fraction of sp³-hybridized carbons (Fsp3) is 0.778. The minimum atomic E-state index is -0.811. The van der Waals surface area contributed by atoms with E-state index >= 15 is 0 Å². The summed E-state index contributed by atoms with van der Waals surface area (Å²) in [5, 5.41) is 11.2. The number of rotatable bonds is 4. The molecule has 14 heavy (non-hydrogen) atoms. The van der Waals surface area contributed by atoms with Crippen molar-refractivity contribution in [1.82, 2.24) is 10.2 Å². The molecule has 80 valence electrons. The van der Waals surface area contributed by atoms with Crippen LogP contribution in [0.2, 0.25) is 0 Å². The number of nitrogens with one attached hydrogen (secondary N) is 1. The number of carboxylic acid groups (broad SMARTS) is 1. The van der Waals surface area contributed by atoms with Gasteiger partial charge in [0.25, 0.3) is 0 Å². The van der Waals surface area contributed by atoms with Gasteiger partial charge < -0.3 is 15.3 Å². The van der Waals surface area contributed by atoms with Crippen LogP contribution >= 0.6 is 0 Å². The van der Waals surface area contributed by atoms with E-state index in [2.05, 4.69) is 5.32 Å². The third kappa shape index (κ3) is 2.90. The SMILES string of the molecule is CC(CCC(=O)O)N1CCCNC1=O. The minimum Gasteiger partial charge on any atom is -0.481 e. The summed E-state index contributed by atoms with van der Waals surface area (Å²) in [6.45, 7) is 3.33. The van der Waals surface area contributed by atoms with Gasteiger partial charge in [-0.05, 0) is 19.8 Å². The van der Waals surface area contributed by atoms with E-state index in [1.807, 2.05) is 6.92 Å². The molecule has 2 N–H and O–H groups in total. The molecule has 0 aromatic carbocycles. The lowest BCUT2D eigenvalue weighted by Gasteiger charge is -2.32. The van der Waals surface area contributed by atoms with E-state index in [1.165, 1.54) is 0 Å². The highest BCUT2D eigenvalue weighted by atomic mass is 16.4. The van der Waals surface area contributed by atoms with Crippen molar-refractivity contribution in [2.45, 2.75) is 32.2 Å². The van der Waals surface area contributed by atoms with Crippen LogP contribution in [0.3, 0.4) is 0 Å². The number of carboxylic acids is 1. The normalized spacial score (nSPS) is 18.9. The van der Waals surface area contributed by atoms with Crippen molar-refractivity contribution in [3.63, 3.8) is 0 Å². The highest BCUT2D eigenvalue weighted by Crippen LogP contribution is 2.10. The van der Waals surface area contributed by atoms with Crippen molar-refractivity contribution in [2.24, 2.45) is 0 Å². The number of carbonyl (C=O) groups is 2. The van der Waals surface area contributed by atoms with E-state index in [0.29, 0.717) is 6.42 Å². The zero-order valence-electron chi connectivity index (χ0n) is 8.32. The number of hydrogen-bond acceptors (Lipinski definition) is 2. The lowest BCUT2D eigenvalue weighted by Crippen LogP contribution is -2.50. The molecule has 0 spiro atoms. The molecular weight excluding hydrogens is 184 g/mol. The quantitative estimate of drug-likeness (QED) is 0.700. The highest BCUT2D eigenvalue weighted by molar-refractivity contribution is 5.75. The molecule has 5 heteroatoms. The van der Waals surface area contributed by atoms with E-state index < -0.39 is 5.97 Å². The molecule has 2 amide bonds. The average molecular weight is 200 g/mol. The Hall–Kier alpha value is -1.26. The van der Waals surface area contributed by atoms with Crippen LogP contribution in [0.1, 0.15) is 26.2 Å². The van der Waals surface area contributed by atoms with Crippen molar-refractivity contribution < 1.29 is 14.7 Å². The van der Waals surface area contributed by atoms with Crippen LogP contribution in [0, 0.1) is 0 Å². The smallest absolute Gasteiger partial charge is 0.317 e. The molecule has 1 heterocycles. The molecule has 0 saturated carbocycles. The lowest BCUT2D eigenvalue weighted by atomic mass is 10.1. The molecule has 0 aromatic rings. The summed E-state index contributed by atoms with van der Waals surface area (Å²) in [6.07, 6.45) is 1.57. The summed E-state index contributed by atoms with van der Waals surface area (Å²) in [4.78, 5) is 23.4. The summed E-state index contributed by atoms with van der Waals surface area (Å²) in [6, 6.07) is -0.0689. The topological polar surface area (TPSA) is 69.6 Å². The molecular formula is C9H16N2O3. The van der Waals surface area contributed by atoms with E-state index in [1.54, 1.807) is 4.90 Å². The Morgan fingerprint density at radius 2 is 2.43 bits per heavy atom. The molecule has 1 saturated heterocycles. The van der Waals surface area contributed by atoms with Crippen LogP contribution in [0.4, 0.5) is 4.79 Å². The fourth-order valence-electron chi connectivity index (χ4n) is 1.56. The summed E-state index contributed by atoms with van der Waals surface area (Å²) in [7, 11) is 0. The monoisotopic (exact) mass is 200 g/mol. The van der Waals surface area contributed by atoms with Gasteiger partial charge in [-0.3, -0.25) is 4.79 Å². The zero-order valence-corrected chi connectivity index (χ0v) is 8.32. The Morgan fingerprint density at radius 1 is 1.71 bits per heavy atom. The Morgan fingerprint density at radius 3 is 3.00 bits per heavy atom. The van der Waals surface area contributed by atoms with Gasteiger partial charge in [0, 0.05) is 25.6 Å². The van der Waals surface area contributed by atoms with Gasteiger partial charge in [-0.2, -0.15) is 0 Å². The van der Waals surface area contributed by atoms with Crippen LogP contribution in [-0.4, -0.2) is 41.1 Å². The molecule has 1 rings (SSSR count). The first kappa shape index (κ1) is 10.8. The van der Waals surface area contributed by atoms with Gasteiger partial charge in [-0.1, -0.05) is 0 Å². The number of hydrogen-bond donors (Lipinski definition) is 2. The van der Waals surface area contributed by atoms with Gasteiger partial charge in [-0.25, -0.2) is 4.79 Å². The predicted octanol–water partition coefficient (Wildman–Crippen LogP) is 0.655. The first-order valence-corrected chi connectivity index (χ1v) is 4.87. The molecule has 1 atom stereocenters. The number of carbonyl (C=O) groups excluding carboxylic acids is 1. The fourth-order valence-corrected chi connectivity index (χ4v) is 1.56. The van der Waals surface area contributed by atoms with Gasteiger partial charge in [0.15, 0.2) is 0 Å². The van der Waals surface area contributed by atoms with E-state index in [9.17, 15) is 9.59 Å². The predicted molar refractivity (Wildman–Crippen MR) is 51.1 cm³/mol. The summed E-state index contributed by atoms with van der Waals surface area (Å²) in [5.74, 6) is -0.811. The van der Waals surface area contributed by atoms with Gasteiger partial charge in [0.1, 0.15) is 0 Å². The van der Waals surface area contributed by atoms with Crippen LogP contribution in [0.5, 0.6) is 0 Å². The number of urea groups is 1. The molecule has 1 unspecified atom stereocenters. The average Bonchev–Trinajstić information content (AvgIpc) is 2.15. The number of nitrogens with zero attached hydrogens (tertiary/aromatic N) is 1. The van der Waals surface area contributed by atoms with Gasteiger partial charge in [-0.15, -0.1) is 0 Å². The standard InChI is InChI=1S/C9H16N2O3/c1-7(3-4-8(12)13)11-6-2-5-10-9(11)14/h7H,2-6H2,1H3,(H,10,14)(H,12,13). The molecule has 0 aliphatic carbocycles. The molecule has 1 fully saturated rings. The second-order valence-corrected chi connectivity index (χ2v) is 3.56. The van der Waals surface area contributed by atoms with E-state index in [4.69, 9.17) is 5.11 Å². The second-order valence-electron chi connectivity index (χ2n) is 3.56. The first-order chi connectivity index (χ1) is 6.61. The molecule has 0 radical (unpaired) electrons. The summed E-state index contributed by atoms with van der Waals surface area (Å²) < 4.78 is 0. The number of aliphatic carboxylic acids is 1. The molecule has 5 nitrogen and oxygen atoms in total. The van der Waals surface area contributed by atoms with E-state index in [-0.39, 0.29) is 18.5 Å². The van der Waals surface area contributed by atoms with Crippen molar-refractivity contribution in [3.05, 3.63) is 0 Å². The Bertz CT molecular complexity index is 230. The summed E-state index contributed by atoms with van der Waals surface area (Å²) >= 11 is 0. The largest absolute Gasteiger partial charge is 0.481 e. The maximum absolute atomic E-state index is 11.3.